The van der Waals surface area contributed by atoms with Crippen LogP contribution in [0.15, 0.2) is 5.38 Å². The molecular weight excluding hydrogens is 272 g/mol. The molecule has 1 aromatic rings. The third-order valence-corrected chi connectivity index (χ3v) is 3.67. The van der Waals surface area contributed by atoms with E-state index in [1.165, 1.54) is 11.8 Å². The molecule has 0 aliphatic rings. The van der Waals surface area contributed by atoms with Crippen molar-refractivity contribution in [2.75, 3.05) is 18.9 Å². The summed E-state index contributed by atoms with van der Waals surface area (Å²) in [6, 6.07) is 0. The molecule has 0 atom stereocenters. The zero-order valence-electron chi connectivity index (χ0n) is 10.4. The Morgan fingerprint density at radius 3 is 2.94 bits per heavy atom. The van der Waals surface area contributed by atoms with Crippen LogP contribution in [0.25, 0.3) is 0 Å². The number of carbonyl (C=O) groups excluding carboxylic acids is 2. The number of hydrogen-bond acceptors (Lipinski definition) is 6. The van der Waals surface area contributed by atoms with Gasteiger partial charge in [-0.3, -0.25) is 9.59 Å². The molecule has 5 nitrogen and oxygen atoms in total. The Hall–Kier alpha value is -1.08. The highest BCUT2D eigenvalue weighted by Gasteiger charge is 2.06. The molecule has 1 rings (SSSR count). The molecular formula is C11H16N2O3S2. The lowest BCUT2D eigenvalue weighted by molar-refractivity contribution is -0.143. The number of hydrogen-bond donors (Lipinski definition) is 1. The number of aromatic nitrogens is 1. The zero-order valence-corrected chi connectivity index (χ0v) is 12.0. The Bertz CT molecular complexity index is 407. The van der Waals surface area contributed by atoms with Gasteiger partial charge in [0.15, 0.2) is 0 Å². The van der Waals surface area contributed by atoms with E-state index in [0.29, 0.717) is 18.1 Å². The number of esters is 1. The summed E-state index contributed by atoms with van der Waals surface area (Å²) in [5.74, 6) is 0.443. The molecule has 1 aromatic heterocycles. The van der Waals surface area contributed by atoms with Crippen LogP contribution in [0.3, 0.4) is 0 Å². The predicted molar refractivity (Wildman–Crippen MR) is 72.7 cm³/mol. The molecule has 0 spiro atoms. The van der Waals surface area contributed by atoms with Crippen LogP contribution in [-0.4, -0.2) is 35.8 Å². The Labute approximate surface area is 114 Å². The van der Waals surface area contributed by atoms with Crippen molar-refractivity contribution < 1.29 is 14.3 Å². The van der Waals surface area contributed by atoms with Gasteiger partial charge in [0.2, 0.25) is 5.91 Å². The van der Waals surface area contributed by atoms with Crippen LogP contribution in [0.5, 0.6) is 0 Å². The van der Waals surface area contributed by atoms with Crippen LogP contribution in [0.2, 0.25) is 0 Å². The molecule has 0 bridgehead atoms. The number of thiazole rings is 1. The molecule has 0 aliphatic carbocycles. The lowest BCUT2D eigenvalue weighted by Crippen LogP contribution is -2.31. The predicted octanol–water partition coefficient (Wildman–Crippen LogP) is 1.36. The molecule has 100 valence electrons. The standard InChI is InChI=1S/C11H16N2O3S2/c1-3-16-11(15)4-12-10(14)7-17-5-9-6-18-8(2)13-9/h6H,3-5,7H2,1-2H3,(H,12,14). The van der Waals surface area contributed by atoms with Crippen LogP contribution in [0, 0.1) is 6.92 Å². The average molecular weight is 288 g/mol. The molecule has 1 amide bonds. The topological polar surface area (TPSA) is 68.3 Å². The van der Waals surface area contributed by atoms with Crippen LogP contribution in [0.1, 0.15) is 17.6 Å². The molecule has 1 heterocycles. The number of thioether (sulfide) groups is 1. The van der Waals surface area contributed by atoms with Crippen LogP contribution in [-0.2, 0) is 20.1 Å². The summed E-state index contributed by atoms with van der Waals surface area (Å²) in [4.78, 5) is 26.7. The molecule has 18 heavy (non-hydrogen) atoms. The summed E-state index contributed by atoms with van der Waals surface area (Å²) in [6.07, 6.45) is 0. The molecule has 0 saturated heterocycles. The van der Waals surface area contributed by atoms with Gasteiger partial charge in [-0.15, -0.1) is 23.1 Å². The van der Waals surface area contributed by atoms with E-state index in [2.05, 4.69) is 10.3 Å². The average Bonchev–Trinajstić information content (AvgIpc) is 2.73. The normalized spacial score (nSPS) is 10.1. The second-order valence-electron chi connectivity index (χ2n) is 3.43. The van der Waals surface area contributed by atoms with Gasteiger partial charge in [0.25, 0.3) is 0 Å². The van der Waals surface area contributed by atoms with E-state index >= 15 is 0 Å². The van der Waals surface area contributed by atoms with E-state index in [4.69, 9.17) is 4.74 Å². The van der Waals surface area contributed by atoms with Crippen molar-refractivity contribution in [1.29, 1.82) is 0 Å². The number of aryl methyl sites for hydroxylation is 1. The maximum absolute atomic E-state index is 11.4. The number of carbonyl (C=O) groups is 2. The summed E-state index contributed by atoms with van der Waals surface area (Å²) in [7, 11) is 0. The minimum atomic E-state index is -0.411. The van der Waals surface area contributed by atoms with Gasteiger partial charge >= 0.3 is 5.97 Å². The van der Waals surface area contributed by atoms with E-state index in [9.17, 15) is 9.59 Å². The fraction of sp³-hybridized carbons (Fsp3) is 0.545. The number of rotatable bonds is 7. The quantitative estimate of drug-likeness (QED) is 0.767. The zero-order chi connectivity index (χ0) is 13.4. The van der Waals surface area contributed by atoms with E-state index in [1.54, 1.807) is 18.3 Å². The van der Waals surface area contributed by atoms with Crippen molar-refractivity contribution in [3.63, 3.8) is 0 Å². The second-order valence-corrected chi connectivity index (χ2v) is 5.48. The maximum atomic E-state index is 11.4. The SMILES string of the molecule is CCOC(=O)CNC(=O)CSCc1csc(C)n1. The number of nitrogens with one attached hydrogen (secondary N) is 1. The maximum Gasteiger partial charge on any atom is 0.325 e. The van der Waals surface area contributed by atoms with Gasteiger partial charge in [-0.05, 0) is 13.8 Å². The minimum absolute atomic E-state index is 0.0664. The number of nitrogens with zero attached hydrogens (tertiary/aromatic N) is 1. The fourth-order valence-corrected chi connectivity index (χ4v) is 2.62. The van der Waals surface area contributed by atoms with E-state index in [1.807, 2.05) is 12.3 Å². The van der Waals surface area contributed by atoms with Crippen LogP contribution in [0.4, 0.5) is 0 Å². The Morgan fingerprint density at radius 1 is 1.56 bits per heavy atom. The molecule has 1 N–H and O–H groups in total. The van der Waals surface area contributed by atoms with Gasteiger partial charge in [-0.25, -0.2) is 4.98 Å². The lowest BCUT2D eigenvalue weighted by Gasteiger charge is -2.04. The summed E-state index contributed by atoms with van der Waals surface area (Å²) in [5.41, 5.74) is 0.987. The van der Waals surface area contributed by atoms with Crippen molar-refractivity contribution in [2.24, 2.45) is 0 Å². The van der Waals surface area contributed by atoms with Gasteiger partial charge in [-0.1, -0.05) is 0 Å². The van der Waals surface area contributed by atoms with Crippen molar-refractivity contribution >= 4 is 35.0 Å². The first-order chi connectivity index (χ1) is 8.61. The van der Waals surface area contributed by atoms with E-state index < -0.39 is 5.97 Å². The molecule has 0 aromatic carbocycles. The van der Waals surface area contributed by atoms with Crippen LogP contribution >= 0.6 is 23.1 Å². The number of amides is 1. The highest BCUT2D eigenvalue weighted by atomic mass is 32.2. The smallest absolute Gasteiger partial charge is 0.325 e. The van der Waals surface area contributed by atoms with Gasteiger partial charge < -0.3 is 10.1 Å². The lowest BCUT2D eigenvalue weighted by atomic mass is 10.6. The molecule has 0 radical (unpaired) electrons. The Morgan fingerprint density at radius 2 is 2.33 bits per heavy atom. The molecule has 0 fully saturated rings. The molecule has 7 heteroatoms. The van der Waals surface area contributed by atoms with Gasteiger partial charge in [0.1, 0.15) is 6.54 Å². The minimum Gasteiger partial charge on any atom is -0.465 e. The van der Waals surface area contributed by atoms with Crippen molar-refractivity contribution in [3.05, 3.63) is 16.1 Å². The molecule has 0 saturated carbocycles. The largest absolute Gasteiger partial charge is 0.465 e. The summed E-state index contributed by atoms with van der Waals surface area (Å²) in [6.45, 7) is 3.94. The summed E-state index contributed by atoms with van der Waals surface area (Å²) >= 11 is 3.07. The van der Waals surface area contributed by atoms with Gasteiger partial charge in [0, 0.05) is 11.1 Å². The second kappa shape index (κ2) is 8.10. The first-order valence-corrected chi connectivity index (χ1v) is 7.56. The highest BCUT2D eigenvalue weighted by Crippen LogP contribution is 2.14. The highest BCUT2D eigenvalue weighted by molar-refractivity contribution is 7.99. The van der Waals surface area contributed by atoms with Crippen molar-refractivity contribution in [2.45, 2.75) is 19.6 Å². The monoisotopic (exact) mass is 288 g/mol. The van der Waals surface area contributed by atoms with Gasteiger partial charge in [0.05, 0.1) is 23.1 Å². The van der Waals surface area contributed by atoms with E-state index in [-0.39, 0.29) is 12.5 Å². The summed E-state index contributed by atoms with van der Waals surface area (Å²) in [5, 5.41) is 5.52. The van der Waals surface area contributed by atoms with Crippen molar-refractivity contribution in [3.8, 4) is 0 Å². The van der Waals surface area contributed by atoms with E-state index in [0.717, 1.165) is 10.7 Å². The summed E-state index contributed by atoms with van der Waals surface area (Å²) < 4.78 is 4.70. The van der Waals surface area contributed by atoms with Gasteiger partial charge in [-0.2, -0.15) is 0 Å². The first kappa shape index (κ1) is 15.0. The Balaban J connectivity index is 2.12. The molecule has 0 unspecified atom stereocenters. The van der Waals surface area contributed by atoms with Crippen LogP contribution < -0.4 is 5.32 Å². The third-order valence-electron chi connectivity index (χ3n) is 1.88. The number of ether oxygens (including phenoxy) is 1. The fourth-order valence-electron chi connectivity index (χ4n) is 1.16. The Kier molecular flexibility index (Phi) is 6.74. The molecule has 0 aliphatic heterocycles. The third kappa shape index (κ3) is 6.02. The first-order valence-electron chi connectivity index (χ1n) is 5.53. The van der Waals surface area contributed by atoms with Crippen molar-refractivity contribution in [1.82, 2.24) is 10.3 Å².